The molecule has 32 heavy (non-hydrogen) atoms. The zero-order valence-corrected chi connectivity index (χ0v) is 18.4. The highest BCUT2D eigenvalue weighted by Crippen LogP contribution is 2.35. The van der Waals surface area contributed by atoms with E-state index in [0.29, 0.717) is 5.92 Å². The Bertz CT molecular complexity index is 1540. The van der Waals surface area contributed by atoms with Crippen molar-refractivity contribution in [3.63, 3.8) is 0 Å². The molecule has 1 atom stereocenters. The van der Waals surface area contributed by atoms with E-state index in [0.717, 1.165) is 45.2 Å². The predicted molar refractivity (Wildman–Crippen MR) is 128 cm³/mol. The minimum atomic E-state index is 0.592. The second kappa shape index (κ2) is 7.05. The Labute approximate surface area is 185 Å². The SMILES string of the molecule is CC1=C(c2cnc3[nH]cc(-c4ccn5ncc(-c6cnn(C)c6)c5c4)c3c2)C=CC(C)C1. The Hall–Kier alpha value is -3.93. The number of rotatable bonds is 3. The maximum Gasteiger partial charge on any atom is 0.137 e. The lowest BCUT2D eigenvalue weighted by molar-refractivity contribution is 0.710. The highest BCUT2D eigenvalue weighted by Gasteiger charge is 2.15. The van der Waals surface area contributed by atoms with E-state index in [1.165, 1.54) is 16.7 Å². The number of fused-ring (bicyclic) bond motifs is 2. The molecule has 5 heterocycles. The summed E-state index contributed by atoms with van der Waals surface area (Å²) in [5.41, 5.74) is 10.2. The Balaban J connectivity index is 1.48. The third kappa shape index (κ3) is 2.99. The predicted octanol–water partition coefficient (Wildman–Crippen LogP) is 5.65. The van der Waals surface area contributed by atoms with Crippen LogP contribution in [-0.4, -0.2) is 29.4 Å². The van der Waals surface area contributed by atoms with Gasteiger partial charge in [0.05, 0.1) is 17.9 Å². The van der Waals surface area contributed by atoms with E-state index in [4.69, 9.17) is 4.98 Å². The molecule has 0 radical (unpaired) electrons. The molecular weight excluding hydrogens is 396 g/mol. The van der Waals surface area contributed by atoms with Crippen molar-refractivity contribution in [1.29, 1.82) is 0 Å². The first kappa shape index (κ1) is 18.8. The summed E-state index contributed by atoms with van der Waals surface area (Å²) in [6, 6.07) is 6.56. The van der Waals surface area contributed by atoms with E-state index < -0.39 is 0 Å². The first-order chi connectivity index (χ1) is 15.6. The molecule has 1 unspecified atom stereocenters. The maximum atomic E-state index is 4.72. The van der Waals surface area contributed by atoms with Gasteiger partial charge in [-0.15, -0.1) is 0 Å². The monoisotopic (exact) mass is 420 g/mol. The van der Waals surface area contributed by atoms with Crippen LogP contribution in [0.3, 0.4) is 0 Å². The number of hydrogen-bond donors (Lipinski definition) is 1. The first-order valence-electron chi connectivity index (χ1n) is 10.9. The summed E-state index contributed by atoms with van der Waals surface area (Å²) in [6.07, 6.45) is 17.5. The summed E-state index contributed by atoms with van der Waals surface area (Å²) < 4.78 is 3.72. The summed E-state index contributed by atoms with van der Waals surface area (Å²) in [5, 5.41) is 9.97. The van der Waals surface area contributed by atoms with E-state index in [2.05, 4.69) is 59.4 Å². The Morgan fingerprint density at radius 2 is 1.94 bits per heavy atom. The van der Waals surface area contributed by atoms with Gasteiger partial charge in [-0.25, -0.2) is 9.50 Å². The van der Waals surface area contributed by atoms with E-state index in [-0.39, 0.29) is 0 Å². The number of aromatic nitrogens is 6. The van der Waals surface area contributed by atoms with E-state index in [9.17, 15) is 0 Å². The van der Waals surface area contributed by atoms with Crippen molar-refractivity contribution in [1.82, 2.24) is 29.4 Å². The summed E-state index contributed by atoms with van der Waals surface area (Å²) in [6.45, 7) is 4.49. The fourth-order valence-corrected chi connectivity index (χ4v) is 4.73. The van der Waals surface area contributed by atoms with Crippen molar-refractivity contribution >= 4 is 22.1 Å². The average Bonchev–Trinajstić information content (AvgIpc) is 3.50. The molecule has 0 aliphatic heterocycles. The third-order valence-electron chi connectivity index (χ3n) is 6.37. The molecule has 0 aromatic carbocycles. The van der Waals surface area contributed by atoms with Gasteiger partial charge in [0, 0.05) is 59.5 Å². The number of pyridine rings is 2. The molecule has 0 bridgehead atoms. The number of aryl methyl sites for hydroxylation is 1. The number of aromatic amines is 1. The van der Waals surface area contributed by atoms with Crippen LogP contribution < -0.4 is 0 Å². The maximum absolute atomic E-state index is 4.72. The van der Waals surface area contributed by atoms with Crippen LogP contribution >= 0.6 is 0 Å². The molecule has 0 amide bonds. The molecule has 6 rings (SSSR count). The van der Waals surface area contributed by atoms with Crippen LogP contribution in [-0.2, 0) is 7.05 Å². The summed E-state index contributed by atoms with van der Waals surface area (Å²) in [7, 11) is 1.93. The van der Waals surface area contributed by atoms with Crippen molar-refractivity contribution in [3.8, 4) is 22.3 Å². The van der Waals surface area contributed by atoms with Gasteiger partial charge in [0.25, 0.3) is 0 Å². The molecule has 1 N–H and O–H groups in total. The third-order valence-corrected chi connectivity index (χ3v) is 6.37. The van der Waals surface area contributed by atoms with Crippen LogP contribution in [0.2, 0.25) is 0 Å². The lowest BCUT2D eigenvalue weighted by Crippen LogP contribution is -2.00. The molecule has 6 nitrogen and oxygen atoms in total. The normalized spacial score (nSPS) is 16.5. The van der Waals surface area contributed by atoms with Gasteiger partial charge in [-0.05, 0) is 48.6 Å². The van der Waals surface area contributed by atoms with Gasteiger partial charge in [-0.1, -0.05) is 24.6 Å². The Morgan fingerprint density at radius 3 is 2.75 bits per heavy atom. The molecule has 5 aromatic rings. The minimum Gasteiger partial charge on any atom is -0.346 e. The summed E-state index contributed by atoms with van der Waals surface area (Å²) in [5.74, 6) is 0.592. The first-order valence-corrected chi connectivity index (χ1v) is 10.9. The van der Waals surface area contributed by atoms with Crippen LogP contribution in [0.25, 0.3) is 44.4 Å². The van der Waals surface area contributed by atoms with Gasteiger partial charge in [-0.2, -0.15) is 10.2 Å². The molecule has 158 valence electrons. The van der Waals surface area contributed by atoms with Crippen molar-refractivity contribution in [3.05, 3.63) is 78.7 Å². The smallest absolute Gasteiger partial charge is 0.137 e. The van der Waals surface area contributed by atoms with Crippen LogP contribution in [0.15, 0.2) is 73.1 Å². The number of nitrogens with zero attached hydrogens (tertiary/aromatic N) is 5. The highest BCUT2D eigenvalue weighted by atomic mass is 15.2. The molecule has 1 aliphatic carbocycles. The molecule has 0 spiro atoms. The quantitative estimate of drug-likeness (QED) is 0.410. The number of hydrogen-bond acceptors (Lipinski definition) is 3. The zero-order chi connectivity index (χ0) is 21.8. The highest BCUT2D eigenvalue weighted by molar-refractivity contribution is 5.97. The Morgan fingerprint density at radius 1 is 1.03 bits per heavy atom. The van der Waals surface area contributed by atoms with Crippen molar-refractivity contribution in [2.24, 2.45) is 13.0 Å². The van der Waals surface area contributed by atoms with Gasteiger partial charge in [0.1, 0.15) is 5.65 Å². The Kier molecular flexibility index (Phi) is 4.15. The zero-order valence-electron chi connectivity index (χ0n) is 18.4. The van der Waals surface area contributed by atoms with E-state index in [1.807, 2.05) is 53.4 Å². The van der Waals surface area contributed by atoms with Crippen LogP contribution in [0.4, 0.5) is 0 Å². The average molecular weight is 421 g/mol. The molecule has 1 aliphatic rings. The van der Waals surface area contributed by atoms with Crippen molar-refractivity contribution in [2.75, 3.05) is 0 Å². The second-order valence-corrected chi connectivity index (χ2v) is 8.76. The number of H-pyrrole nitrogens is 1. The fourth-order valence-electron chi connectivity index (χ4n) is 4.73. The molecule has 0 saturated heterocycles. The summed E-state index contributed by atoms with van der Waals surface area (Å²) in [4.78, 5) is 8.07. The second-order valence-electron chi connectivity index (χ2n) is 8.76. The van der Waals surface area contributed by atoms with E-state index in [1.54, 1.807) is 0 Å². The molecule has 5 aromatic heterocycles. The van der Waals surface area contributed by atoms with Gasteiger partial charge in [-0.3, -0.25) is 4.68 Å². The van der Waals surface area contributed by atoms with Crippen LogP contribution in [0, 0.1) is 5.92 Å². The lowest BCUT2D eigenvalue weighted by Gasteiger charge is -2.17. The number of nitrogens with one attached hydrogen (secondary N) is 1. The van der Waals surface area contributed by atoms with Crippen LogP contribution in [0.5, 0.6) is 0 Å². The van der Waals surface area contributed by atoms with Gasteiger partial charge >= 0.3 is 0 Å². The van der Waals surface area contributed by atoms with Gasteiger partial charge in [0.15, 0.2) is 0 Å². The molecule has 6 heteroatoms. The van der Waals surface area contributed by atoms with Crippen molar-refractivity contribution < 1.29 is 0 Å². The lowest BCUT2D eigenvalue weighted by atomic mass is 9.88. The topological polar surface area (TPSA) is 63.8 Å². The largest absolute Gasteiger partial charge is 0.346 e. The standard InChI is InChI=1S/C26H24N6/c1-16-4-5-21(17(2)8-16)19-9-22-23(13-28-26(22)27-11-19)18-6-7-32-25(10-18)24(14-30-32)20-12-29-31(3)15-20/h4-7,9-16H,8H2,1-3H3,(H,27,28). The molecule has 0 fully saturated rings. The fraction of sp³-hybridized carbons (Fsp3) is 0.192. The summed E-state index contributed by atoms with van der Waals surface area (Å²) >= 11 is 0. The van der Waals surface area contributed by atoms with Gasteiger partial charge in [0.2, 0.25) is 0 Å². The van der Waals surface area contributed by atoms with Crippen molar-refractivity contribution in [2.45, 2.75) is 20.3 Å². The molecular formula is C26H24N6. The number of allylic oxidation sites excluding steroid dienone is 4. The van der Waals surface area contributed by atoms with Gasteiger partial charge < -0.3 is 4.98 Å². The minimum absolute atomic E-state index is 0.592. The molecule has 0 saturated carbocycles. The van der Waals surface area contributed by atoms with Crippen LogP contribution in [0.1, 0.15) is 25.8 Å². The van der Waals surface area contributed by atoms with E-state index >= 15 is 0 Å².